The van der Waals surface area contributed by atoms with Crippen LogP contribution in [0.1, 0.15) is 5.56 Å². The standard InChI is InChI=1S/C12H10BrN5O.CH4O3S/c13-8-1-7(2-9(19)3-8)4-14-11-10-12(16-5-15-10)18-6-17-11;1-5(2,3)4/h1-3,5-6,19H,4H2,(H2,14,15,16,17,18);1H3,(H,2,3,4). The van der Waals surface area contributed by atoms with Gasteiger partial charge in [0.25, 0.3) is 10.1 Å². The highest BCUT2D eigenvalue weighted by Crippen LogP contribution is 2.21. The van der Waals surface area contributed by atoms with E-state index in [1.807, 2.05) is 6.07 Å². The van der Waals surface area contributed by atoms with E-state index in [4.69, 9.17) is 4.55 Å². The van der Waals surface area contributed by atoms with Crippen LogP contribution in [0.2, 0.25) is 0 Å². The molecule has 24 heavy (non-hydrogen) atoms. The zero-order valence-corrected chi connectivity index (χ0v) is 14.8. The molecule has 0 unspecified atom stereocenters. The van der Waals surface area contributed by atoms with Gasteiger partial charge in [0.1, 0.15) is 17.6 Å². The number of hydrogen-bond acceptors (Lipinski definition) is 7. The van der Waals surface area contributed by atoms with Crippen molar-refractivity contribution in [2.45, 2.75) is 6.54 Å². The first-order chi connectivity index (χ1) is 11.2. The Labute approximate surface area is 146 Å². The van der Waals surface area contributed by atoms with Gasteiger partial charge >= 0.3 is 0 Å². The molecule has 0 aliphatic heterocycles. The van der Waals surface area contributed by atoms with Gasteiger partial charge in [-0.1, -0.05) is 15.9 Å². The Morgan fingerprint density at radius 2 is 1.96 bits per heavy atom. The number of imidazole rings is 1. The molecule has 0 radical (unpaired) electrons. The van der Waals surface area contributed by atoms with Crippen molar-refractivity contribution in [2.24, 2.45) is 0 Å². The number of benzene rings is 1. The number of phenolic OH excluding ortho intramolecular Hbond substituents is 1. The van der Waals surface area contributed by atoms with Gasteiger partial charge in [-0.15, -0.1) is 0 Å². The summed E-state index contributed by atoms with van der Waals surface area (Å²) in [5.41, 5.74) is 2.33. The molecule has 1 aromatic carbocycles. The van der Waals surface area contributed by atoms with E-state index in [0.717, 1.165) is 15.6 Å². The van der Waals surface area contributed by atoms with Gasteiger partial charge in [-0.25, -0.2) is 15.0 Å². The van der Waals surface area contributed by atoms with Gasteiger partial charge < -0.3 is 15.4 Å². The van der Waals surface area contributed by atoms with Crippen molar-refractivity contribution in [3.63, 3.8) is 0 Å². The van der Waals surface area contributed by atoms with E-state index in [1.54, 1.807) is 18.5 Å². The third kappa shape index (κ3) is 5.76. The number of halogens is 1. The SMILES string of the molecule is CS(=O)(=O)O.Oc1cc(Br)cc(CNc2ncnc3nc[nH]c23)c1. The van der Waals surface area contributed by atoms with Gasteiger partial charge in [0.05, 0.1) is 12.6 Å². The average molecular weight is 416 g/mol. The van der Waals surface area contributed by atoms with Crippen LogP contribution in [0.15, 0.2) is 35.3 Å². The second-order valence-electron chi connectivity index (χ2n) is 4.73. The number of anilines is 1. The maximum atomic E-state index is 9.53. The number of nitrogens with zero attached hydrogens (tertiary/aromatic N) is 3. The third-order valence-electron chi connectivity index (χ3n) is 2.63. The zero-order chi connectivity index (χ0) is 17.7. The summed E-state index contributed by atoms with van der Waals surface area (Å²) in [4.78, 5) is 15.3. The van der Waals surface area contributed by atoms with Crippen molar-refractivity contribution in [1.29, 1.82) is 0 Å². The van der Waals surface area contributed by atoms with E-state index >= 15 is 0 Å². The number of H-pyrrole nitrogens is 1. The van der Waals surface area contributed by atoms with Crippen LogP contribution in [-0.2, 0) is 16.7 Å². The fourth-order valence-corrected chi connectivity index (χ4v) is 2.35. The van der Waals surface area contributed by atoms with Crippen molar-refractivity contribution in [1.82, 2.24) is 19.9 Å². The van der Waals surface area contributed by atoms with Gasteiger partial charge in [0.15, 0.2) is 11.5 Å². The molecule has 0 bridgehead atoms. The topological polar surface area (TPSA) is 141 Å². The van der Waals surface area contributed by atoms with E-state index in [1.165, 1.54) is 6.33 Å². The number of aromatic amines is 1. The molecule has 0 fully saturated rings. The number of aromatic nitrogens is 4. The fraction of sp³-hybridized carbons (Fsp3) is 0.154. The molecule has 0 spiro atoms. The van der Waals surface area contributed by atoms with Gasteiger partial charge in [-0.05, 0) is 23.8 Å². The monoisotopic (exact) mass is 415 g/mol. The molecule has 11 heteroatoms. The molecule has 128 valence electrons. The van der Waals surface area contributed by atoms with Crippen molar-refractivity contribution >= 4 is 43.0 Å². The number of phenols is 1. The van der Waals surface area contributed by atoms with Crippen molar-refractivity contribution in [3.8, 4) is 5.75 Å². The number of hydrogen-bond donors (Lipinski definition) is 4. The molecular formula is C13H14BrN5O4S. The first kappa shape index (κ1) is 18.1. The molecule has 2 heterocycles. The Morgan fingerprint density at radius 3 is 2.62 bits per heavy atom. The lowest BCUT2D eigenvalue weighted by atomic mass is 10.2. The molecule has 0 aliphatic rings. The molecule has 0 saturated heterocycles. The summed E-state index contributed by atoms with van der Waals surface area (Å²) in [5, 5.41) is 12.7. The summed E-state index contributed by atoms with van der Waals surface area (Å²) in [6.07, 6.45) is 3.76. The van der Waals surface area contributed by atoms with Crippen LogP contribution in [0, 0.1) is 0 Å². The third-order valence-corrected chi connectivity index (χ3v) is 3.08. The quantitative estimate of drug-likeness (QED) is 0.475. The molecule has 4 N–H and O–H groups in total. The summed E-state index contributed by atoms with van der Waals surface area (Å²) in [6.45, 7) is 0.540. The van der Waals surface area contributed by atoms with E-state index in [2.05, 4.69) is 41.2 Å². The molecule has 9 nitrogen and oxygen atoms in total. The minimum Gasteiger partial charge on any atom is -0.508 e. The summed E-state index contributed by atoms with van der Waals surface area (Å²) in [7, 11) is -3.67. The molecular weight excluding hydrogens is 402 g/mol. The van der Waals surface area contributed by atoms with Crippen molar-refractivity contribution in [3.05, 3.63) is 40.9 Å². The highest BCUT2D eigenvalue weighted by molar-refractivity contribution is 9.10. The van der Waals surface area contributed by atoms with Crippen LogP contribution in [0.5, 0.6) is 5.75 Å². The Morgan fingerprint density at radius 1 is 1.25 bits per heavy atom. The molecule has 0 aliphatic carbocycles. The number of rotatable bonds is 3. The lowest BCUT2D eigenvalue weighted by Gasteiger charge is -2.07. The predicted molar refractivity (Wildman–Crippen MR) is 92.3 cm³/mol. The van der Waals surface area contributed by atoms with Crippen molar-refractivity contribution < 1.29 is 18.1 Å². The Balaban J connectivity index is 0.000000368. The maximum absolute atomic E-state index is 9.53. The van der Waals surface area contributed by atoms with Crippen LogP contribution in [0.25, 0.3) is 11.2 Å². The summed E-state index contributed by atoms with van der Waals surface area (Å²) >= 11 is 3.34. The van der Waals surface area contributed by atoms with Crippen LogP contribution < -0.4 is 5.32 Å². The lowest BCUT2D eigenvalue weighted by molar-refractivity contribution is 0.474. The summed E-state index contributed by atoms with van der Waals surface area (Å²) in [5.74, 6) is 0.905. The minimum absolute atomic E-state index is 0.223. The zero-order valence-electron chi connectivity index (χ0n) is 12.4. The molecule has 2 aromatic heterocycles. The normalized spacial score (nSPS) is 11.0. The Hall–Kier alpha value is -2.24. The van der Waals surface area contributed by atoms with E-state index < -0.39 is 10.1 Å². The molecule has 3 rings (SSSR count). The van der Waals surface area contributed by atoms with Gasteiger partial charge in [-0.3, -0.25) is 4.55 Å². The number of aromatic hydroxyl groups is 1. The first-order valence-electron chi connectivity index (χ1n) is 6.51. The van der Waals surface area contributed by atoms with Gasteiger partial charge in [0.2, 0.25) is 0 Å². The fourth-order valence-electron chi connectivity index (χ4n) is 1.82. The molecule has 0 amide bonds. The van der Waals surface area contributed by atoms with Gasteiger partial charge in [0, 0.05) is 11.0 Å². The molecule has 3 aromatic rings. The molecule has 0 atom stereocenters. The highest BCUT2D eigenvalue weighted by atomic mass is 79.9. The lowest BCUT2D eigenvalue weighted by Crippen LogP contribution is -2.02. The van der Waals surface area contributed by atoms with Crippen LogP contribution in [0.3, 0.4) is 0 Å². The average Bonchev–Trinajstić information content (AvgIpc) is 2.91. The van der Waals surface area contributed by atoms with Crippen LogP contribution in [-0.4, -0.2) is 44.3 Å². The first-order valence-corrected chi connectivity index (χ1v) is 9.15. The second kappa shape index (κ2) is 7.55. The van der Waals surface area contributed by atoms with Crippen LogP contribution in [0.4, 0.5) is 5.82 Å². The summed E-state index contributed by atoms with van der Waals surface area (Å²) < 4.78 is 26.7. The van der Waals surface area contributed by atoms with E-state index in [9.17, 15) is 13.5 Å². The smallest absolute Gasteiger partial charge is 0.261 e. The van der Waals surface area contributed by atoms with Crippen molar-refractivity contribution in [2.75, 3.05) is 11.6 Å². The maximum Gasteiger partial charge on any atom is 0.261 e. The molecule has 0 saturated carbocycles. The Bertz CT molecular complexity index is 916. The van der Waals surface area contributed by atoms with E-state index in [-0.39, 0.29) is 5.75 Å². The second-order valence-corrected chi connectivity index (χ2v) is 7.11. The predicted octanol–water partition coefficient (Wildman–Crippen LogP) is 1.94. The Kier molecular flexibility index (Phi) is 5.70. The minimum atomic E-state index is -3.67. The van der Waals surface area contributed by atoms with Gasteiger partial charge in [-0.2, -0.15) is 8.42 Å². The largest absolute Gasteiger partial charge is 0.508 e. The van der Waals surface area contributed by atoms with Crippen LogP contribution >= 0.6 is 15.9 Å². The van der Waals surface area contributed by atoms with E-state index in [0.29, 0.717) is 24.3 Å². The summed E-state index contributed by atoms with van der Waals surface area (Å²) in [6, 6.07) is 5.27. The number of nitrogens with one attached hydrogen (secondary N) is 2. The number of fused-ring (bicyclic) bond motifs is 1. The highest BCUT2D eigenvalue weighted by Gasteiger charge is 2.05.